The summed E-state index contributed by atoms with van der Waals surface area (Å²) < 4.78 is 5.28. The Morgan fingerprint density at radius 2 is 1.22 bits per heavy atom. The van der Waals surface area contributed by atoms with Crippen LogP contribution in [0.15, 0.2) is 12.7 Å². The molecule has 0 aliphatic heterocycles. The Bertz CT molecular complexity index is 408. The lowest BCUT2D eigenvalue weighted by Crippen LogP contribution is -2.47. The predicted molar refractivity (Wildman–Crippen MR) is 113 cm³/mol. The van der Waals surface area contributed by atoms with Gasteiger partial charge in [0.15, 0.2) is 5.60 Å². The molecule has 27 heavy (non-hydrogen) atoms. The molecule has 4 heteroatoms. The molecule has 0 saturated carbocycles. The molecular weight excluding hydrogens is 338 g/mol. The Balaban J connectivity index is 3.69. The zero-order chi connectivity index (χ0) is 20.4. The average Bonchev–Trinajstić information content (AvgIpc) is 2.66. The molecule has 1 amide bonds. The molecule has 0 saturated heterocycles. The number of hydrogen-bond acceptors (Lipinski definition) is 3. The second kappa shape index (κ2) is 16.8. The van der Waals surface area contributed by atoms with E-state index < -0.39 is 17.5 Å². The molecule has 0 aliphatic carbocycles. The van der Waals surface area contributed by atoms with E-state index in [1.807, 2.05) is 6.92 Å². The third kappa shape index (κ3) is 12.6. The zero-order valence-corrected chi connectivity index (χ0v) is 17.9. The molecule has 0 spiro atoms. The maximum atomic E-state index is 11.8. The van der Waals surface area contributed by atoms with Crippen LogP contribution in [0.1, 0.15) is 117 Å². The van der Waals surface area contributed by atoms with E-state index in [1.165, 1.54) is 70.6 Å². The molecule has 0 fully saturated rings. The fraction of sp³-hybridized carbons (Fsp3) is 0.826. The van der Waals surface area contributed by atoms with Gasteiger partial charge in [0.1, 0.15) is 0 Å². The van der Waals surface area contributed by atoms with Crippen LogP contribution in [0.5, 0.6) is 0 Å². The summed E-state index contributed by atoms with van der Waals surface area (Å²) in [6.45, 7) is 7.47. The first-order valence-electron chi connectivity index (χ1n) is 11.2. The Labute approximate surface area is 167 Å². The number of primary amides is 1. The quantitative estimate of drug-likeness (QED) is 0.164. The van der Waals surface area contributed by atoms with Gasteiger partial charge in [-0.25, -0.2) is 4.79 Å². The number of carbonyl (C=O) groups excluding carboxylic acids is 2. The molecule has 2 N–H and O–H groups in total. The predicted octanol–water partition coefficient (Wildman–Crippen LogP) is 6.22. The van der Waals surface area contributed by atoms with Crippen molar-refractivity contribution in [2.24, 2.45) is 5.73 Å². The third-order valence-corrected chi connectivity index (χ3v) is 5.42. The minimum atomic E-state index is -1.18. The summed E-state index contributed by atoms with van der Waals surface area (Å²) in [5.74, 6) is -1.14. The Morgan fingerprint density at radius 3 is 1.56 bits per heavy atom. The lowest BCUT2D eigenvalue weighted by Gasteiger charge is -2.28. The van der Waals surface area contributed by atoms with Gasteiger partial charge >= 0.3 is 5.97 Å². The van der Waals surface area contributed by atoms with Crippen LogP contribution in [0, 0.1) is 0 Å². The molecule has 1 unspecified atom stereocenters. The van der Waals surface area contributed by atoms with E-state index in [1.54, 1.807) is 0 Å². The Kier molecular flexibility index (Phi) is 16.0. The number of hydrogen-bond donors (Lipinski definition) is 1. The maximum Gasteiger partial charge on any atom is 0.331 e. The van der Waals surface area contributed by atoms with Crippen LogP contribution in [0.2, 0.25) is 0 Å². The third-order valence-electron chi connectivity index (χ3n) is 5.42. The normalized spacial score (nSPS) is 13.1. The molecule has 158 valence electrons. The van der Waals surface area contributed by atoms with E-state index in [2.05, 4.69) is 13.5 Å². The van der Waals surface area contributed by atoms with Crippen molar-refractivity contribution >= 4 is 11.9 Å². The zero-order valence-electron chi connectivity index (χ0n) is 17.9. The molecule has 0 heterocycles. The lowest BCUT2D eigenvalue weighted by molar-refractivity contribution is -0.164. The van der Waals surface area contributed by atoms with Gasteiger partial charge in [0.05, 0.1) is 0 Å². The number of unbranched alkanes of at least 4 members (excludes halogenated alkanes) is 13. The van der Waals surface area contributed by atoms with E-state index >= 15 is 0 Å². The molecule has 0 aromatic heterocycles. The van der Waals surface area contributed by atoms with Crippen LogP contribution in [-0.2, 0) is 14.3 Å². The highest BCUT2D eigenvalue weighted by molar-refractivity contribution is 5.89. The van der Waals surface area contributed by atoms with Crippen molar-refractivity contribution in [3.63, 3.8) is 0 Å². The second-order valence-electron chi connectivity index (χ2n) is 7.68. The largest absolute Gasteiger partial charge is 0.446 e. The summed E-state index contributed by atoms with van der Waals surface area (Å²) in [7, 11) is 0. The van der Waals surface area contributed by atoms with Crippen LogP contribution in [0.4, 0.5) is 0 Å². The van der Waals surface area contributed by atoms with Crippen molar-refractivity contribution < 1.29 is 14.3 Å². The van der Waals surface area contributed by atoms with Crippen molar-refractivity contribution in [3.8, 4) is 0 Å². The lowest BCUT2D eigenvalue weighted by atomic mass is 9.91. The highest BCUT2D eigenvalue weighted by atomic mass is 16.6. The van der Waals surface area contributed by atoms with Crippen molar-refractivity contribution in [1.29, 1.82) is 0 Å². The smallest absolute Gasteiger partial charge is 0.331 e. The first-order chi connectivity index (χ1) is 13.0. The Morgan fingerprint density at radius 1 is 0.815 bits per heavy atom. The van der Waals surface area contributed by atoms with Gasteiger partial charge in [-0.15, -0.1) is 0 Å². The summed E-state index contributed by atoms with van der Waals surface area (Å²) in [6, 6.07) is 0. The second-order valence-corrected chi connectivity index (χ2v) is 7.68. The molecule has 4 nitrogen and oxygen atoms in total. The van der Waals surface area contributed by atoms with Gasteiger partial charge in [0.2, 0.25) is 0 Å². The summed E-state index contributed by atoms with van der Waals surface area (Å²) in [6.07, 6.45) is 19.9. The minimum absolute atomic E-state index is 0.403. The van der Waals surface area contributed by atoms with Crippen LogP contribution in [0.3, 0.4) is 0 Å². The van der Waals surface area contributed by atoms with Gasteiger partial charge in [-0.1, -0.05) is 104 Å². The molecule has 0 aromatic carbocycles. The fourth-order valence-corrected chi connectivity index (χ4v) is 3.49. The van der Waals surface area contributed by atoms with Crippen molar-refractivity contribution in [3.05, 3.63) is 12.7 Å². The standard InChI is InChI=1S/C23H43NO3/c1-4-7-8-9-10-11-12-13-14-15-16-17-18-19-20-23(6-3,22(24)26)27-21(25)5-2/h5H,2,4,6-20H2,1,3H3,(H2,24,26). The number of amides is 1. The number of carbonyl (C=O) groups is 2. The summed E-state index contributed by atoms with van der Waals surface area (Å²) >= 11 is 0. The van der Waals surface area contributed by atoms with Crippen LogP contribution < -0.4 is 5.73 Å². The molecule has 0 radical (unpaired) electrons. The van der Waals surface area contributed by atoms with Crippen LogP contribution in [-0.4, -0.2) is 17.5 Å². The van der Waals surface area contributed by atoms with E-state index in [4.69, 9.17) is 10.5 Å². The van der Waals surface area contributed by atoms with E-state index in [-0.39, 0.29) is 0 Å². The van der Waals surface area contributed by atoms with Crippen LogP contribution >= 0.6 is 0 Å². The highest BCUT2D eigenvalue weighted by Gasteiger charge is 2.37. The van der Waals surface area contributed by atoms with E-state index in [9.17, 15) is 9.59 Å². The minimum Gasteiger partial charge on any atom is -0.446 e. The first-order valence-corrected chi connectivity index (χ1v) is 11.2. The summed E-state index contributed by atoms with van der Waals surface area (Å²) in [5, 5.41) is 0. The molecule has 0 rings (SSSR count). The van der Waals surface area contributed by atoms with Gasteiger partial charge in [-0.2, -0.15) is 0 Å². The van der Waals surface area contributed by atoms with Gasteiger partial charge < -0.3 is 10.5 Å². The molecular formula is C23H43NO3. The van der Waals surface area contributed by atoms with E-state index in [0.717, 1.165) is 25.3 Å². The van der Waals surface area contributed by atoms with Crippen LogP contribution in [0.25, 0.3) is 0 Å². The summed E-state index contributed by atoms with van der Waals surface area (Å²) in [4.78, 5) is 23.3. The van der Waals surface area contributed by atoms with Crippen molar-refractivity contribution in [2.75, 3.05) is 0 Å². The van der Waals surface area contributed by atoms with Crippen molar-refractivity contribution in [1.82, 2.24) is 0 Å². The monoisotopic (exact) mass is 381 g/mol. The highest BCUT2D eigenvalue weighted by Crippen LogP contribution is 2.25. The topological polar surface area (TPSA) is 69.4 Å². The number of nitrogens with two attached hydrogens (primary N) is 1. The molecule has 0 bridgehead atoms. The average molecular weight is 382 g/mol. The van der Waals surface area contributed by atoms with Gasteiger partial charge in [0.25, 0.3) is 5.91 Å². The molecule has 1 atom stereocenters. The SMILES string of the molecule is C=CC(=O)OC(CC)(CCCCCCCCCCCCCCCC)C(N)=O. The molecule has 0 aliphatic rings. The fourth-order valence-electron chi connectivity index (χ4n) is 3.49. The van der Waals surface area contributed by atoms with E-state index in [0.29, 0.717) is 12.8 Å². The number of esters is 1. The molecule has 0 aromatic rings. The number of rotatable bonds is 19. The van der Waals surface area contributed by atoms with Gasteiger partial charge in [-0.05, 0) is 19.3 Å². The Hall–Kier alpha value is -1.32. The first kappa shape index (κ1) is 25.7. The number of ether oxygens (including phenoxy) is 1. The summed E-state index contributed by atoms with van der Waals surface area (Å²) in [5.41, 5.74) is 4.31. The van der Waals surface area contributed by atoms with Gasteiger partial charge in [0, 0.05) is 6.08 Å². The van der Waals surface area contributed by atoms with Gasteiger partial charge in [-0.3, -0.25) is 4.79 Å². The van der Waals surface area contributed by atoms with Crippen molar-refractivity contribution in [2.45, 2.75) is 122 Å². The maximum absolute atomic E-state index is 11.8.